The van der Waals surface area contributed by atoms with Gasteiger partial charge in [-0.15, -0.1) is 0 Å². The number of fused-ring (bicyclic) bond motifs is 1. The second kappa shape index (κ2) is 15.8. The molecule has 224 valence electrons. The highest BCUT2D eigenvalue weighted by Gasteiger charge is 2.48. The number of hydrogen-bond donors (Lipinski definition) is 8. The maximum atomic E-state index is 12.6. The van der Waals surface area contributed by atoms with Gasteiger partial charge in [0, 0.05) is 6.42 Å². The molecule has 1 unspecified atom stereocenters. The molecule has 2 amide bonds. The molecule has 1 saturated heterocycles. The predicted molar refractivity (Wildman–Crippen MR) is 146 cm³/mol. The molecule has 3 heterocycles. The summed E-state index contributed by atoms with van der Waals surface area (Å²) in [4.78, 5) is 39.7. The fraction of sp³-hybridized carbons (Fsp3) is 0.731. The Bertz CT molecular complexity index is 1070. The van der Waals surface area contributed by atoms with Crippen LogP contribution >= 0.6 is 0 Å². The molecule has 0 aliphatic carbocycles. The van der Waals surface area contributed by atoms with Crippen molar-refractivity contribution in [2.24, 2.45) is 5.92 Å². The summed E-state index contributed by atoms with van der Waals surface area (Å²) in [7, 11) is 0. The molecule has 8 N–H and O–H groups in total. The van der Waals surface area contributed by atoms with E-state index >= 15 is 0 Å². The fourth-order valence-electron chi connectivity index (χ4n) is 4.70. The number of imidazole rings is 1. The summed E-state index contributed by atoms with van der Waals surface area (Å²) in [6, 6.07) is -1.27. The lowest BCUT2D eigenvalue weighted by molar-refractivity contribution is -0.204. The lowest BCUT2D eigenvalue weighted by atomic mass is 9.92. The molecule has 0 bridgehead atoms. The number of carbonyl (C=O) groups excluding carboxylic acids is 2. The lowest BCUT2D eigenvalue weighted by Gasteiger charge is -2.44. The van der Waals surface area contributed by atoms with Crippen LogP contribution in [0.2, 0.25) is 0 Å². The van der Waals surface area contributed by atoms with Crippen LogP contribution in [0.3, 0.4) is 0 Å². The van der Waals surface area contributed by atoms with Crippen LogP contribution in [-0.2, 0) is 14.3 Å². The Kier molecular flexibility index (Phi) is 12.5. The van der Waals surface area contributed by atoms with E-state index in [9.17, 15) is 30.0 Å². The van der Waals surface area contributed by atoms with Gasteiger partial charge in [0.25, 0.3) is 0 Å². The van der Waals surface area contributed by atoms with Crippen LogP contribution < -0.4 is 16.0 Å². The molecule has 6 atom stereocenters. The van der Waals surface area contributed by atoms with Crippen molar-refractivity contribution in [3.8, 4) is 0 Å². The van der Waals surface area contributed by atoms with Gasteiger partial charge in [-0.1, -0.05) is 52.4 Å². The minimum absolute atomic E-state index is 0.229. The van der Waals surface area contributed by atoms with Crippen molar-refractivity contribution >= 4 is 28.8 Å². The number of unbranched alkanes of at least 4 members (excludes halogenated alkanes) is 5. The summed E-state index contributed by atoms with van der Waals surface area (Å²) < 4.78 is 5.77. The van der Waals surface area contributed by atoms with E-state index in [1.54, 1.807) is 0 Å². The summed E-state index contributed by atoms with van der Waals surface area (Å²) in [6.45, 7) is 3.37. The number of anilines is 1. The summed E-state index contributed by atoms with van der Waals surface area (Å²) in [5, 5.41) is 49.4. The molecule has 0 saturated carbocycles. The molecule has 3 rings (SSSR count). The Hall–Kier alpha value is -2.91. The molecule has 14 heteroatoms. The smallest absolute Gasteiger partial charge is 0.239 e. The second-order valence-corrected chi connectivity index (χ2v) is 10.6. The number of aromatic amines is 1. The number of nitrogens with zero attached hydrogens (tertiary/aromatic N) is 3. The van der Waals surface area contributed by atoms with Crippen LogP contribution in [0.15, 0.2) is 12.7 Å². The van der Waals surface area contributed by atoms with Crippen LogP contribution in [0, 0.1) is 5.92 Å². The molecule has 0 radical (unpaired) electrons. The van der Waals surface area contributed by atoms with Gasteiger partial charge in [-0.05, 0) is 12.3 Å². The maximum Gasteiger partial charge on any atom is 0.239 e. The molecule has 14 nitrogen and oxygen atoms in total. The first-order chi connectivity index (χ1) is 19.2. The number of aliphatic hydroxyl groups is 4. The molecule has 1 aliphatic heterocycles. The van der Waals surface area contributed by atoms with Gasteiger partial charge in [0.05, 0.1) is 25.5 Å². The quantitative estimate of drug-likeness (QED) is 0.126. The normalized spacial score (nSPS) is 23.7. The second-order valence-electron chi connectivity index (χ2n) is 10.6. The summed E-state index contributed by atoms with van der Waals surface area (Å²) >= 11 is 0. The number of aliphatic hydroxyl groups excluding tert-OH is 4. The van der Waals surface area contributed by atoms with E-state index < -0.39 is 49.2 Å². The van der Waals surface area contributed by atoms with Crippen molar-refractivity contribution in [1.29, 1.82) is 0 Å². The first-order valence-corrected chi connectivity index (χ1v) is 14.0. The minimum atomic E-state index is -1.59. The zero-order valence-corrected chi connectivity index (χ0v) is 23.1. The third-order valence-electron chi connectivity index (χ3n) is 6.96. The third kappa shape index (κ3) is 9.06. The number of hydrogen-bond acceptors (Lipinski definition) is 11. The van der Waals surface area contributed by atoms with Crippen molar-refractivity contribution in [3.63, 3.8) is 0 Å². The van der Waals surface area contributed by atoms with Crippen LogP contribution in [-0.4, -0.2) is 102 Å². The number of H-pyrrole nitrogens is 1. The van der Waals surface area contributed by atoms with Crippen molar-refractivity contribution in [1.82, 2.24) is 30.6 Å². The maximum absolute atomic E-state index is 12.6. The highest BCUT2D eigenvalue weighted by Crippen LogP contribution is 2.26. The van der Waals surface area contributed by atoms with Crippen molar-refractivity contribution < 1.29 is 34.8 Å². The van der Waals surface area contributed by atoms with E-state index in [1.807, 2.05) is 0 Å². The zero-order chi connectivity index (χ0) is 29.1. The van der Waals surface area contributed by atoms with Gasteiger partial charge in [0.1, 0.15) is 36.3 Å². The fourth-order valence-corrected chi connectivity index (χ4v) is 4.70. The molecular formula is C26H43N7O7. The molecule has 0 spiro atoms. The number of nitrogens with one attached hydrogen (secondary N) is 4. The predicted octanol–water partition coefficient (Wildman–Crippen LogP) is -0.0575. The highest BCUT2D eigenvalue weighted by atomic mass is 16.5. The van der Waals surface area contributed by atoms with Crippen LogP contribution in [0.4, 0.5) is 5.82 Å². The van der Waals surface area contributed by atoms with Gasteiger partial charge in [-0.2, -0.15) is 0 Å². The largest absolute Gasteiger partial charge is 0.394 e. The van der Waals surface area contributed by atoms with Crippen LogP contribution in [0.1, 0.15) is 65.2 Å². The van der Waals surface area contributed by atoms with E-state index in [0.29, 0.717) is 17.6 Å². The Morgan fingerprint density at radius 3 is 2.48 bits per heavy atom. The summed E-state index contributed by atoms with van der Waals surface area (Å²) in [5.74, 6) is 0.0487. The Morgan fingerprint density at radius 1 is 1.02 bits per heavy atom. The minimum Gasteiger partial charge on any atom is -0.394 e. The Morgan fingerprint density at radius 2 is 1.75 bits per heavy atom. The van der Waals surface area contributed by atoms with Gasteiger partial charge >= 0.3 is 0 Å². The van der Waals surface area contributed by atoms with Gasteiger partial charge in [-0.3, -0.25) is 9.59 Å². The lowest BCUT2D eigenvalue weighted by Crippen LogP contribution is -2.68. The molecule has 1 aliphatic rings. The Labute approximate surface area is 233 Å². The number of aromatic nitrogens is 4. The zero-order valence-electron chi connectivity index (χ0n) is 23.1. The number of amides is 2. The number of ether oxygens (including phenoxy) is 1. The van der Waals surface area contributed by atoms with Gasteiger partial charge in [0.2, 0.25) is 11.8 Å². The van der Waals surface area contributed by atoms with Crippen LogP contribution in [0.5, 0.6) is 0 Å². The topological polar surface area (TPSA) is 215 Å². The first kappa shape index (κ1) is 31.6. The van der Waals surface area contributed by atoms with E-state index in [2.05, 4.69) is 49.7 Å². The SMILES string of the molecule is CC(C)CCCCCCCCC(=O)NCC(=O)N[C@@H]1[C@@H](O)[C@@H](O)[C@@H](Nc2ncnc3nc[nH]c23)O[C@H]1C(O)CO. The molecule has 2 aromatic heterocycles. The van der Waals surface area contributed by atoms with Crippen molar-refractivity contribution in [3.05, 3.63) is 12.7 Å². The van der Waals surface area contributed by atoms with Crippen molar-refractivity contribution in [2.75, 3.05) is 18.5 Å². The number of carbonyl (C=O) groups is 2. The molecular weight excluding hydrogens is 522 g/mol. The third-order valence-corrected chi connectivity index (χ3v) is 6.96. The number of rotatable bonds is 16. The van der Waals surface area contributed by atoms with Crippen molar-refractivity contribution in [2.45, 2.75) is 102 Å². The molecule has 2 aromatic rings. The highest BCUT2D eigenvalue weighted by molar-refractivity contribution is 5.85. The van der Waals surface area contributed by atoms with Crippen LogP contribution in [0.25, 0.3) is 11.2 Å². The molecule has 40 heavy (non-hydrogen) atoms. The van der Waals surface area contributed by atoms with Gasteiger partial charge < -0.3 is 46.1 Å². The van der Waals surface area contributed by atoms with E-state index in [-0.39, 0.29) is 18.3 Å². The standard InChI is InChI=1S/C26H43N7O7/c1-15(2)9-7-5-3-4-6-8-10-17(36)27-11-18(37)32-19-21(38)22(39)26(40-23(19)16(35)12-34)33-25-20-24(29-13-28-20)30-14-31-25/h13-16,19,21-23,26,34-35,38-39H,3-12H2,1-2H3,(H,27,36)(H,32,37)(H2,28,29,30,31,33)/t16?,19-,21-,22-,23+,26+/m1/s1. The average molecular weight is 566 g/mol. The van der Waals surface area contributed by atoms with E-state index in [1.165, 1.54) is 31.9 Å². The molecule has 1 fully saturated rings. The first-order valence-electron chi connectivity index (χ1n) is 14.0. The average Bonchev–Trinajstić information content (AvgIpc) is 3.42. The monoisotopic (exact) mass is 565 g/mol. The molecule has 0 aromatic carbocycles. The van der Waals surface area contributed by atoms with Gasteiger partial charge in [-0.25, -0.2) is 15.0 Å². The van der Waals surface area contributed by atoms with E-state index in [4.69, 9.17) is 4.74 Å². The summed E-state index contributed by atoms with van der Waals surface area (Å²) in [6.07, 6.45) is 3.36. The van der Waals surface area contributed by atoms with Gasteiger partial charge in [0.15, 0.2) is 17.7 Å². The Balaban J connectivity index is 1.46. The summed E-state index contributed by atoms with van der Waals surface area (Å²) in [5.41, 5.74) is 0.791. The van der Waals surface area contributed by atoms with E-state index in [0.717, 1.165) is 31.6 Å².